The molecule has 0 aliphatic carbocycles. The first-order chi connectivity index (χ1) is 17.6. The van der Waals surface area contributed by atoms with Gasteiger partial charge in [0.25, 0.3) is 0 Å². The van der Waals surface area contributed by atoms with Crippen molar-refractivity contribution in [3.05, 3.63) is 81.8 Å². The number of hydrogen-bond acceptors (Lipinski definition) is 6. The van der Waals surface area contributed by atoms with E-state index in [4.69, 9.17) is 16.6 Å². The lowest BCUT2D eigenvalue weighted by Crippen LogP contribution is -2.26. The van der Waals surface area contributed by atoms with E-state index in [9.17, 15) is 4.79 Å². The van der Waals surface area contributed by atoms with Crippen LogP contribution in [0.15, 0.2) is 59.8 Å². The number of nitrogens with one attached hydrogen (secondary N) is 1. The third-order valence-electron chi connectivity index (χ3n) is 6.11. The van der Waals surface area contributed by atoms with Crippen molar-refractivity contribution < 1.29 is 0 Å². The van der Waals surface area contributed by atoms with Gasteiger partial charge in [-0.25, -0.2) is 14.6 Å². The van der Waals surface area contributed by atoms with E-state index in [-0.39, 0.29) is 5.69 Å². The van der Waals surface area contributed by atoms with Gasteiger partial charge in [-0.15, -0.1) is 5.10 Å². The molecule has 0 saturated carbocycles. The summed E-state index contributed by atoms with van der Waals surface area (Å²) in [5.41, 5.74) is 4.30. The number of imidazole rings is 1. The lowest BCUT2D eigenvalue weighted by Gasteiger charge is -2.09. The average Bonchev–Trinajstić information content (AvgIpc) is 3.64. The quantitative estimate of drug-likeness (QED) is 0.323. The van der Waals surface area contributed by atoms with E-state index in [0.29, 0.717) is 29.8 Å². The van der Waals surface area contributed by atoms with Crippen molar-refractivity contribution >= 4 is 11.6 Å². The van der Waals surface area contributed by atoms with Crippen LogP contribution in [-0.4, -0.2) is 44.5 Å². The highest BCUT2D eigenvalue weighted by atomic mass is 35.5. The van der Waals surface area contributed by atoms with E-state index in [1.165, 1.54) is 0 Å². The van der Waals surface area contributed by atoms with Crippen LogP contribution in [0.1, 0.15) is 37.9 Å². The summed E-state index contributed by atoms with van der Waals surface area (Å²) in [7, 11) is 0. The average molecular weight is 504 g/mol. The van der Waals surface area contributed by atoms with Crippen molar-refractivity contribution in [1.82, 2.24) is 44.5 Å². The van der Waals surface area contributed by atoms with Crippen molar-refractivity contribution in [2.75, 3.05) is 0 Å². The number of nitrogens with zero attached hydrogens (tertiary/aromatic N) is 8. The predicted molar refractivity (Wildman–Crippen MR) is 137 cm³/mol. The lowest BCUT2D eigenvalue weighted by atomic mass is 10.0. The van der Waals surface area contributed by atoms with Gasteiger partial charge in [0.05, 0.1) is 18.4 Å². The van der Waals surface area contributed by atoms with Crippen molar-refractivity contribution in [3.8, 4) is 28.5 Å². The Balaban J connectivity index is 1.48. The van der Waals surface area contributed by atoms with Gasteiger partial charge in [0.2, 0.25) is 0 Å². The lowest BCUT2D eigenvalue weighted by molar-refractivity contribution is 0.625. The van der Waals surface area contributed by atoms with Gasteiger partial charge in [-0.1, -0.05) is 55.3 Å². The molecule has 1 aromatic carbocycles. The molecule has 0 aliphatic heterocycles. The van der Waals surface area contributed by atoms with E-state index in [2.05, 4.69) is 32.6 Å². The number of aromatic amines is 1. The molecule has 5 aromatic rings. The van der Waals surface area contributed by atoms with Gasteiger partial charge >= 0.3 is 5.69 Å². The standard InChI is InChI=1S/C25H26ClN9O/c1-3-5-8-18-16-34(24-21(26)14-28-35(24)4-2)25(36)33(18)15-17-11-12-22(27-13-17)19-9-6-7-10-20(19)23-29-31-32-30-23/h6-7,9-14,16H,3-5,8,15H2,1-2H3,(H,29,30,31,32). The molecule has 4 heterocycles. The summed E-state index contributed by atoms with van der Waals surface area (Å²) in [6, 6.07) is 11.8. The molecule has 5 rings (SSSR count). The normalized spacial score (nSPS) is 11.3. The maximum absolute atomic E-state index is 13.5. The van der Waals surface area contributed by atoms with Crippen LogP contribution >= 0.6 is 11.6 Å². The number of H-pyrrole nitrogens is 1. The molecule has 0 unspecified atom stereocenters. The molecule has 0 amide bonds. The van der Waals surface area contributed by atoms with Crippen LogP contribution in [0.25, 0.3) is 28.5 Å². The molecule has 4 aromatic heterocycles. The summed E-state index contributed by atoms with van der Waals surface area (Å²) < 4.78 is 5.13. The second-order valence-electron chi connectivity index (χ2n) is 8.44. The Morgan fingerprint density at radius 3 is 2.58 bits per heavy atom. The minimum absolute atomic E-state index is 0.148. The van der Waals surface area contributed by atoms with Crippen molar-refractivity contribution in [2.24, 2.45) is 0 Å². The van der Waals surface area contributed by atoms with Crippen LogP contribution in [0.2, 0.25) is 5.02 Å². The molecule has 0 bridgehead atoms. The first-order valence-electron chi connectivity index (χ1n) is 11.9. The first-order valence-corrected chi connectivity index (χ1v) is 12.3. The number of aryl methyl sites for hydroxylation is 2. The van der Waals surface area contributed by atoms with Gasteiger partial charge in [-0.2, -0.15) is 5.10 Å². The molecule has 0 saturated heterocycles. The summed E-state index contributed by atoms with van der Waals surface area (Å²) in [6.07, 6.45) is 8.07. The maximum Gasteiger partial charge on any atom is 0.334 e. The van der Waals surface area contributed by atoms with Gasteiger partial charge in [0.15, 0.2) is 11.6 Å². The Hall–Kier alpha value is -4.05. The van der Waals surface area contributed by atoms with Crippen LogP contribution in [0.5, 0.6) is 0 Å². The van der Waals surface area contributed by atoms with E-state index in [1.807, 2.05) is 49.5 Å². The van der Waals surface area contributed by atoms with Gasteiger partial charge in [-0.3, -0.25) is 14.1 Å². The third-order valence-corrected chi connectivity index (χ3v) is 6.38. The highest BCUT2D eigenvalue weighted by Crippen LogP contribution is 2.28. The SMILES string of the molecule is CCCCc1cn(-c2c(Cl)cnn2CC)c(=O)n1Cc1ccc(-c2ccccc2-c2nnn[nH]2)nc1. The number of hydrogen-bond donors (Lipinski definition) is 1. The molecule has 0 fully saturated rings. The highest BCUT2D eigenvalue weighted by Gasteiger charge is 2.19. The fraction of sp³-hybridized carbons (Fsp3) is 0.280. The van der Waals surface area contributed by atoms with E-state index in [0.717, 1.165) is 47.3 Å². The van der Waals surface area contributed by atoms with Crippen LogP contribution in [0.3, 0.4) is 0 Å². The zero-order valence-electron chi connectivity index (χ0n) is 20.1. The number of pyridine rings is 1. The monoisotopic (exact) mass is 503 g/mol. The zero-order chi connectivity index (χ0) is 25.1. The summed E-state index contributed by atoms with van der Waals surface area (Å²) in [5, 5.41) is 18.9. The number of rotatable bonds is 9. The van der Waals surface area contributed by atoms with Gasteiger partial charge < -0.3 is 0 Å². The Bertz CT molecular complexity index is 1510. The number of halogens is 1. The molecule has 0 spiro atoms. The number of tetrazole rings is 1. The van der Waals surface area contributed by atoms with E-state index >= 15 is 0 Å². The molecule has 184 valence electrons. The third kappa shape index (κ3) is 4.47. The fourth-order valence-corrected chi connectivity index (χ4v) is 4.51. The fourth-order valence-electron chi connectivity index (χ4n) is 4.28. The van der Waals surface area contributed by atoms with Crippen LogP contribution in [-0.2, 0) is 19.5 Å². The molecule has 1 N–H and O–H groups in total. The predicted octanol–water partition coefficient (Wildman–Crippen LogP) is 4.14. The van der Waals surface area contributed by atoms with Gasteiger partial charge in [-0.05, 0) is 41.8 Å². The largest absolute Gasteiger partial charge is 0.334 e. The smallest absolute Gasteiger partial charge is 0.292 e. The number of aromatic nitrogens is 9. The van der Waals surface area contributed by atoms with E-state index < -0.39 is 0 Å². The highest BCUT2D eigenvalue weighted by molar-refractivity contribution is 6.32. The Kier molecular flexibility index (Phi) is 6.77. The zero-order valence-corrected chi connectivity index (χ0v) is 20.9. The molecule has 11 heteroatoms. The van der Waals surface area contributed by atoms with E-state index in [1.54, 1.807) is 26.2 Å². The Morgan fingerprint density at radius 2 is 1.89 bits per heavy atom. The molecule has 0 atom stereocenters. The van der Waals surface area contributed by atoms with Gasteiger partial charge in [0, 0.05) is 35.8 Å². The second kappa shape index (κ2) is 10.3. The molecule has 0 aliphatic rings. The Morgan fingerprint density at radius 1 is 1.06 bits per heavy atom. The van der Waals surface area contributed by atoms with Crippen LogP contribution in [0, 0.1) is 0 Å². The minimum Gasteiger partial charge on any atom is -0.292 e. The van der Waals surface area contributed by atoms with Crippen LogP contribution in [0.4, 0.5) is 0 Å². The molecular formula is C25H26ClN9O. The second-order valence-corrected chi connectivity index (χ2v) is 8.85. The van der Waals surface area contributed by atoms with Crippen molar-refractivity contribution in [2.45, 2.75) is 46.2 Å². The molecule has 10 nitrogen and oxygen atoms in total. The summed E-state index contributed by atoms with van der Waals surface area (Å²) in [6.45, 7) is 5.12. The summed E-state index contributed by atoms with van der Waals surface area (Å²) >= 11 is 6.40. The minimum atomic E-state index is -0.148. The number of unbranched alkanes of at least 4 members (excludes halogenated alkanes) is 1. The maximum atomic E-state index is 13.5. The molecule has 0 radical (unpaired) electrons. The summed E-state index contributed by atoms with van der Waals surface area (Å²) in [5.74, 6) is 1.17. The van der Waals surface area contributed by atoms with Crippen LogP contribution < -0.4 is 5.69 Å². The molecular weight excluding hydrogens is 478 g/mol. The summed E-state index contributed by atoms with van der Waals surface area (Å²) in [4.78, 5) is 18.2. The van der Waals surface area contributed by atoms with Crippen molar-refractivity contribution in [3.63, 3.8) is 0 Å². The van der Waals surface area contributed by atoms with Crippen molar-refractivity contribution in [1.29, 1.82) is 0 Å². The topological polar surface area (TPSA) is 112 Å². The Labute approximate surface area is 212 Å². The first kappa shape index (κ1) is 23.7. The van der Waals surface area contributed by atoms with Gasteiger partial charge in [0.1, 0.15) is 5.02 Å². The molecule has 36 heavy (non-hydrogen) atoms. The number of benzene rings is 1.